The Hall–Kier alpha value is -1.89. The highest BCUT2D eigenvalue weighted by Gasteiger charge is 2.13. The van der Waals surface area contributed by atoms with Gasteiger partial charge in [0.25, 0.3) is 0 Å². The number of nitrogens with zero attached hydrogens (tertiary/aromatic N) is 1. The molecule has 0 saturated heterocycles. The summed E-state index contributed by atoms with van der Waals surface area (Å²) in [7, 11) is 0. The Balaban J connectivity index is 2.02. The van der Waals surface area contributed by atoms with Crippen LogP contribution >= 0.6 is 0 Å². The first-order chi connectivity index (χ1) is 7.83. The van der Waals surface area contributed by atoms with Crippen molar-refractivity contribution in [2.75, 3.05) is 0 Å². The molecule has 1 aliphatic rings. The maximum Gasteiger partial charge on any atom is 0.0378 e. The Morgan fingerprint density at radius 3 is 2.81 bits per heavy atom. The third-order valence-corrected chi connectivity index (χ3v) is 3.03. The number of rotatable bonds is 1. The molecule has 0 radical (unpaired) electrons. The van der Waals surface area contributed by atoms with Crippen molar-refractivity contribution in [3.8, 4) is 0 Å². The molecule has 1 nitrogen and oxygen atoms in total. The van der Waals surface area contributed by atoms with Crippen LogP contribution in [0, 0.1) is 6.92 Å². The molecule has 0 aliphatic heterocycles. The molecular weight excluding hydrogens is 194 g/mol. The quantitative estimate of drug-likeness (QED) is 0.697. The molecule has 1 heterocycles. The van der Waals surface area contributed by atoms with Crippen LogP contribution in [-0.4, -0.2) is 4.98 Å². The molecule has 0 atom stereocenters. The molecule has 16 heavy (non-hydrogen) atoms. The molecule has 1 heteroatoms. The largest absolute Gasteiger partial charge is 0.262 e. The molecule has 0 amide bonds. The van der Waals surface area contributed by atoms with Crippen LogP contribution in [0.15, 0.2) is 42.6 Å². The van der Waals surface area contributed by atoms with Gasteiger partial charge in [-0.1, -0.05) is 30.3 Å². The van der Waals surface area contributed by atoms with Crippen molar-refractivity contribution in [1.29, 1.82) is 0 Å². The molecule has 2 aromatic rings. The van der Waals surface area contributed by atoms with E-state index in [0.717, 1.165) is 12.1 Å². The summed E-state index contributed by atoms with van der Waals surface area (Å²) in [5, 5.41) is 0. The highest BCUT2D eigenvalue weighted by atomic mass is 14.6. The van der Waals surface area contributed by atoms with E-state index in [1.807, 2.05) is 13.1 Å². The summed E-state index contributed by atoms with van der Waals surface area (Å²) in [6.07, 6.45) is 5.21. The predicted molar refractivity (Wildman–Crippen MR) is 67.0 cm³/mol. The van der Waals surface area contributed by atoms with E-state index in [1.54, 1.807) is 0 Å². The fourth-order valence-electron chi connectivity index (χ4n) is 2.21. The number of hydrogen-bond acceptors (Lipinski definition) is 1. The van der Waals surface area contributed by atoms with Gasteiger partial charge in [-0.25, -0.2) is 0 Å². The van der Waals surface area contributed by atoms with E-state index in [9.17, 15) is 0 Å². The summed E-state index contributed by atoms with van der Waals surface area (Å²) in [6, 6.07) is 12.8. The minimum atomic E-state index is 1.04. The second-order valence-electron chi connectivity index (χ2n) is 4.23. The smallest absolute Gasteiger partial charge is 0.0378 e. The zero-order valence-electron chi connectivity index (χ0n) is 9.27. The lowest BCUT2D eigenvalue weighted by molar-refractivity contribution is 1.19. The highest BCUT2D eigenvalue weighted by Crippen LogP contribution is 2.31. The number of pyridine rings is 1. The average molecular weight is 207 g/mol. The van der Waals surface area contributed by atoms with Crippen molar-refractivity contribution in [1.82, 2.24) is 4.98 Å². The van der Waals surface area contributed by atoms with E-state index in [1.165, 1.54) is 22.3 Å². The second-order valence-corrected chi connectivity index (χ2v) is 4.23. The summed E-state index contributed by atoms with van der Waals surface area (Å²) in [4.78, 5) is 4.23. The first kappa shape index (κ1) is 9.34. The van der Waals surface area contributed by atoms with E-state index in [2.05, 4.69) is 47.5 Å². The van der Waals surface area contributed by atoms with Crippen molar-refractivity contribution in [2.45, 2.75) is 13.3 Å². The van der Waals surface area contributed by atoms with Crippen molar-refractivity contribution < 1.29 is 0 Å². The number of allylic oxidation sites excluding steroid dienone is 1. The van der Waals surface area contributed by atoms with E-state index in [4.69, 9.17) is 0 Å². The van der Waals surface area contributed by atoms with Crippen LogP contribution in [0.5, 0.6) is 0 Å². The molecule has 3 rings (SSSR count). The van der Waals surface area contributed by atoms with Crippen LogP contribution in [0.1, 0.15) is 22.4 Å². The number of fused-ring (bicyclic) bond motifs is 1. The third-order valence-electron chi connectivity index (χ3n) is 3.03. The topological polar surface area (TPSA) is 12.9 Å². The summed E-state index contributed by atoms with van der Waals surface area (Å²) in [5.74, 6) is 0. The normalized spacial score (nSPS) is 13.4. The SMILES string of the molecule is Cc1cc(C2=Cc3ccccc3C2)ccn1. The standard InChI is InChI=1S/C15H13N/c1-11-8-14(6-7-16-11)15-9-12-4-2-3-5-13(12)10-15/h2-9H,10H2,1H3. The Bertz CT molecular complexity index is 567. The summed E-state index contributed by atoms with van der Waals surface area (Å²) in [5.41, 5.74) is 6.55. The van der Waals surface area contributed by atoms with Crippen LogP contribution in [0.25, 0.3) is 11.6 Å². The van der Waals surface area contributed by atoms with E-state index >= 15 is 0 Å². The molecule has 0 bridgehead atoms. The van der Waals surface area contributed by atoms with Gasteiger partial charge in [0.05, 0.1) is 0 Å². The van der Waals surface area contributed by atoms with Gasteiger partial charge in [-0.05, 0) is 47.7 Å². The van der Waals surface area contributed by atoms with Crippen molar-refractivity contribution in [2.24, 2.45) is 0 Å². The van der Waals surface area contributed by atoms with Gasteiger partial charge in [-0.2, -0.15) is 0 Å². The Morgan fingerprint density at radius 1 is 1.12 bits per heavy atom. The predicted octanol–water partition coefficient (Wildman–Crippen LogP) is 3.49. The number of benzene rings is 1. The fraction of sp³-hybridized carbons (Fsp3) is 0.133. The number of aryl methyl sites for hydroxylation is 1. The minimum Gasteiger partial charge on any atom is -0.262 e. The van der Waals surface area contributed by atoms with Gasteiger partial charge in [0, 0.05) is 11.9 Å². The molecule has 1 aromatic heterocycles. The van der Waals surface area contributed by atoms with Crippen molar-refractivity contribution >= 4 is 11.6 Å². The highest BCUT2D eigenvalue weighted by molar-refractivity contribution is 5.88. The molecule has 0 fully saturated rings. The maximum atomic E-state index is 4.23. The van der Waals surface area contributed by atoms with Gasteiger partial charge in [0.2, 0.25) is 0 Å². The Labute approximate surface area is 95.5 Å². The number of hydrogen-bond donors (Lipinski definition) is 0. The average Bonchev–Trinajstić information content (AvgIpc) is 2.72. The Kier molecular flexibility index (Phi) is 2.10. The number of aromatic nitrogens is 1. The van der Waals surface area contributed by atoms with Crippen molar-refractivity contribution in [3.63, 3.8) is 0 Å². The molecule has 0 N–H and O–H groups in total. The monoisotopic (exact) mass is 207 g/mol. The van der Waals surface area contributed by atoms with Gasteiger partial charge >= 0.3 is 0 Å². The van der Waals surface area contributed by atoms with Crippen LogP contribution in [0.3, 0.4) is 0 Å². The van der Waals surface area contributed by atoms with Gasteiger partial charge in [-0.3, -0.25) is 4.98 Å². The molecule has 1 aliphatic carbocycles. The summed E-state index contributed by atoms with van der Waals surface area (Å²) < 4.78 is 0. The molecular formula is C15H13N. The van der Waals surface area contributed by atoms with Crippen LogP contribution in [0.4, 0.5) is 0 Å². The lowest BCUT2D eigenvalue weighted by atomic mass is 10.0. The van der Waals surface area contributed by atoms with Crippen LogP contribution < -0.4 is 0 Å². The van der Waals surface area contributed by atoms with Crippen molar-refractivity contribution in [3.05, 3.63) is 65.0 Å². The van der Waals surface area contributed by atoms with Gasteiger partial charge in [0.1, 0.15) is 0 Å². The Morgan fingerprint density at radius 2 is 2.00 bits per heavy atom. The van der Waals surface area contributed by atoms with Gasteiger partial charge in [0.15, 0.2) is 0 Å². The fourth-order valence-corrected chi connectivity index (χ4v) is 2.21. The lowest BCUT2D eigenvalue weighted by Gasteiger charge is -2.02. The molecule has 78 valence electrons. The van der Waals surface area contributed by atoms with E-state index in [0.29, 0.717) is 0 Å². The molecule has 1 aromatic carbocycles. The lowest BCUT2D eigenvalue weighted by Crippen LogP contribution is -1.88. The second kappa shape index (κ2) is 3.60. The first-order valence-corrected chi connectivity index (χ1v) is 5.54. The van der Waals surface area contributed by atoms with Gasteiger partial charge < -0.3 is 0 Å². The van der Waals surface area contributed by atoms with Crippen LogP contribution in [-0.2, 0) is 6.42 Å². The zero-order chi connectivity index (χ0) is 11.0. The van der Waals surface area contributed by atoms with E-state index < -0.39 is 0 Å². The van der Waals surface area contributed by atoms with Gasteiger partial charge in [-0.15, -0.1) is 0 Å². The third kappa shape index (κ3) is 1.54. The summed E-state index contributed by atoms with van der Waals surface area (Å²) >= 11 is 0. The molecule has 0 unspecified atom stereocenters. The molecule has 0 saturated carbocycles. The van der Waals surface area contributed by atoms with Crippen LogP contribution in [0.2, 0.25) is 0 Å². The zero-order valence-corrected chi connectivity index (χ0v) is 9.27. The molecule has 0 spiro atoms. The van der Waals surface area contributed by atoms with E-state index in [-0.39, 0.29) is 0 Å². The summed E-state index contributed by atoms with van der Waals surface area (Å²) in [6.45, 7) is 2.03. The minimum absolute atomic E-state index is 1.04. The maximum absolute atomic E-state index is 4.23. The first-order valence-electron chi connectivity index (χ1n) is 5.54.